The fourth-order valence-corrected chi connectivity index (χ4v) is 3.89. The molecule has 6 nitrogen and oxygen atoms in total. The van der Waals surface area contributed by atoms with Crippen molar-refractivity contribution in [2.45, 2.75) is 26.1 Å². The van der Waals surface area contributed by atoms with Crippen LogP contribution in [-0.2, 0) is 12.7 Å². The van der Waals surface area contributed by atoms with Crippen LogP contribution in [0.5, 0.6) is 0 Å². The van der Waals surface area contributed by atoms with Crippen molar-refractivity contribution in [3.8, 4) is 5.82 Å². The van der Waals surface area contributed by atoms with Crippen molar-refractivity contribution in [3.05, 3.63) is 77.2 Å². The average molecular weight is 443 g/mol. The van der Waals surface area contributed by atoms with Crippen molar-refractivity contribution in [3.63, 3.8) is 0 Å². The third-order valence-electron chi connectivity index (χ3n) is 5.67. The molecular weight excluding hydrogens is 419 g/mol. The number of pyridine rings is 1. The zero-order valence-electron chi connectivity index (χ0n) is 17.7. The van der Waals surface area contributed by atoms with E-state index in [1.54, 1.807) is 17.1 Å². The van der Waals surface area contributed by atoms with Crippen LogP contribution in [0.3, 0.4) is 0 Å². The maximum absolute atomic E-state index is 13.1. The van der Waals surface area contributed by atoms with Crippen LogP contribution in [0, 0.1) is 6.92 Å². The molecule has 168 valence electrons. The average Bonchev–Trinajstić information content (AvgIpc) is 3.01. The molecular formula is C23H24F3N5O. The number of halogens is 3. The van der Waals surface area contributed by atoms with E-state index in [1.165, 1.54) is 12.1 Å². The van der Waals surface area contributed by atoms with Crippen molar-refractivity contribution in [1.29, 1.82) is 0 Å². The number of hydrogen-bond acceptors (Lipinski definition) is 4. The minimum Gasteiger partial charge on any atom is -0.337 e. The Morgan fingerprint density at radius 2 is 1.81 bits per heavy atom. The van der Waals surface area contributed by atoms with Gasteiger partial charge in [0.05, 0.1) is 23.0 Å². The van der Waals surface area contributed by atoms with E-state index in [4.69, 9.17) is 0 Å². The predicted octanol–water partition coefficient (Wildman–Crippen LogP) is 3.94. The second-order valence-corrected chi connectivity index (χ2v) is 7.86. The second-order valence-electron chi connectivity index (χ2n) is 7.86. The number of carbonyl (C=O) groups is 1. The van der Waals surface area contributed by atoms with Gasteiger partial charge in [0.2, 0.25) is 0 Å². The van der Waals surface area contributed by atoms with Gasteiger partial charge in [-0.15, -0.1) is 0 Å². The van der Waals surface area contributed by atoms with Crippen molar-refractivity contribution < 1.29 is 18.0 Å². The molecule has 0 unspecified atom stereocenters. The first kappa shape index (κ1) is 22.0. The number of rotatable bonds is 4. The molecule has 2 aromatic heterocycles. The summed E-state index contributed by atoms with van der Waals surface area (Å²) in [6.45, 7) is 5.00. The molecule has 0 atom stereocenters. The largest absolute Gasteiger partial charge is 0.416 e. The van der Waals surface area contributed by atoms with E-state index in [2.05, 4.69) is 15.0 Å². The van der Waals surface area contributed by atoms with Gasteiger partial charge in [-0.25, -0.2) is 9.67 Å². The summed E-state index contributed by atoms with van der Waals surface area (Å²) in [5.74, 6) is 0.587. The number of nitrogens with zero attached hydrogens (tertiary/aromatic N) is 5. The smallest absolute Gasteiger partial charge is 0.337 e. The molecule has 1 aromatic carbocycles. The molecule has 3 heterocycles. The number of benzene rings is 1. The van der Waals surface area contributed by atoms with Crippen LogP contribution >= 0.6 is 0 Å². The lowest BCUT2D eigenvalue weighted by Crippen LogP contribution is -2.35. The van der Waals surface area contributed by atoms with Gasteiger partial charge in [-0.2, -0.15) is 18.3 Å². The summed E-state index contributed by atoms with van der Waals surface area (Å²) >= 11 is 0. The summed E-state index contributed by atoms with van der Waals surface area (Å²) in [6, 6.07) is 10.8. The van der Waals surface area contributed by atoms with E-state index < -0.39 is 11.7 Å². The lowest BCUT2D eigenvalue weighted by atomic mass is 10.1. The third-order valence-corrected chi connectivity index (χ3v) is 5.67. The van der Waals surface area contributed by atoms with Crippen LogP contribution < -0.4 is 0 Å². The summed E-state index contributed by atoms with van der Waals surface area (Å²) < 4.78 is 39.9. The summed E-state index contributed by atoms with van der Waals surface area (Å²) in [6.07, 6.45) is -0.278. The quantitative estimate of drug-likeness (QED) is 0.613. The molecule has 0 N–H and O–H groups in total. The topological polar surface area (TPSA) is 54.3 Å². The predicted molar refractivity (Wildman–Crippen MR) is 113 cm³/mol. The summed E-state index contributed by atoms with van der Waals surface area (Å²) in [5, 5.41) is 4.34. The number of amides is 1. The van der Waals surface area contributed by atoms with Gasteiger partial charge in [-0.3, -0.25) is 9.69 Å². The van der Waals surface area contributed by atoms with Crippen LogP contribution in [0.4, 0.5) is 13.2 Å². The second kappa shape index (κ2) is 9.12. The zero-order chi connectivity index (χ0) is 22.7. The van der Waals surface area contributed by atoms with Gasteiger partial charge in [-0.1, -0.05) is 18.2 Å². The Labute approximate surface area is 184 Å². The van der Waals surface area contributed by atoms with Crippen LogP contribution in [-0.4, -0.2) is 56.7 Å². The summed E-state index contributed by atoms with van der Waals surface area (Å²) in [7, 11) is 0. The van der Waals surface area contributed by atoms with E-state index in [0.29, 0.717) is 37.6 Å². The Morgan fingerprint density at radius 3 is 2.50 bits per heavy atom. The first-order chi connectivity index (χ1) is 15.3. The lowest BCUT2D eigenvalue weighted by molar-refractivity contribution is -0.137. The van der Waals surface area contributed by atoms with Gasteiger partial charge < -0.3 is 4.90 Å². The normalized spacial score (nSPS) is 15.6. The highest BCUT2D eigenvalue weighted by molar-refractivity contribution is 5.95. The van der Waals surface area contributed by atoms with Gasteiger partial charge in [0.1, 0.15) is 0 Å². The molecule has 0 bridgehead atoms. The van der Waals surface area contributed by atoms with Crippen molar-refractivity contribution >= 4 is 5.91 Å². The minimum atomic E-state index is -4.33. The molecule has 32 heavy (non-hydrogen) atoms. The number of aromatic nitrogens is 3. The first-order valence-corrected chi connectivity index (χ1v) is 10.5. The SMILES string of the molecule is Cc1c(C(=O)N2CCCN(Cc3ccc(C(F)(F)F)cc3)CC2)cnn1-c1ccccn1. The maximum atomic E-state index is 13.1. The molecule has 0 radical (unpaired) electrons. The molecule has 1 saturated heterocycles. The van der Waals surface area contributed by atoms with Gasteiger partial charge in [0.25, 0.3) is 5.91 Å². The fraction of sp³-hybridized carbons (Fsp3) is 0.348. The molecule has 1 fully saturated rings. The summed E-state index contributed by atoms with van der Waals surface area (Å²) in [5.41, 5.74) is 1.46. The van der Waals surface area contributed by atoms with E-state index in [0.717, 1.165) is 36.4 Å². The zero-order valence-corrected chi connectivity index (χ0v) is 17.7. The molecule has 4 rings (SSSR count). The van der Waals surface area contributed by atoms with E-state index >= 15 is 0 Å². The van der Waals surface area contributed by atoms with Crippen molar-refractivity contribution in [1.82, 2.24) is 24.6 Å². The van der Waals surface area contributed by atoms with Gasteiger partial charge in [-0.05, 0) is 43.2 Å². The highest BCUT2D eigenvalue weighted by atomic mass is 19.4. The van der Waals surface area contributed by atoms with Gasteiger partial charge >= 0.3 is 6.18 Å². The molecule has 1 aliphatic rings. The Hall–Kier alpha value is -3.20. The van der Waals surface area contributed by atoms with Gasteiger partial charge in [0.15, 0.2) is 5.82 Å². The van der Waals surface area contributed by atoms with E-state index in [1.807, 2.05) is 30.0 Å². The van der Waals surface area contributed by atoms with Gasteiger partial charge in [0, 0.05) is 38.9 Å². The number of carbonyl (C=O) groups excluding carboxylic acids is 1. The molecule has 0 saturated carbocycles. The van der Waals surface area contributed by atoms with Crippen LogP contribution in [0.2, 0.25) is 0 Å². The molecule has 1 aliphatic heterocycles. The summed E-state index contributed by atoms with van der Waals surface area (Å²) in [4.78, 5) is 21.4. The molecule has 9 heteroatoms. The van der Waals surface area contributed by atoms with Crippen LogP contribution in [0.1, 0.15) is 33.6 Å². The number of alkyl halides is 3. The fourth-order valence-electron chi connectivity index (χ4n) is 3.89. The maximum Gasteiger partial charge on any atom is 0.416 e. The molecule has 1 amide bonds. The standard InChI is InChI=1S/C23H24F3N5O/c1-17-20(15-28-31(17)21-5-2-3-10-27-21)22(32)30-12-4-11-29(13-14-30)16-18-6-8-19(9-7-18)23(24,25)26/h2-3,5-10,15H,4,11-14,16H2,1H3. The highest BCUT2D eigenvalue weighted by Gasteiger charge is 2.30. The van der Waals surface area contributed by atoms with Crippen molar-refractivity contribution in [2.75, 3.05) is 26.2 Å². The monoisotopic (exact) mass is 443 g/mol. The Balaban J connectivity index is 1.39. The highest BCUT2D eigenvalue weighted by Crippen LogP contribution is 2.29. The minimum absolute atomic E-state index is 0.0685. The Kier molecular flexibility index (Phi) is 6.27. The number of hydrogen-bond donors (Lipinski definition) is 0. The molecule has 0 spiro atoms. The van der Waals surface area contributed by atoms with E-state index in [-0.39, 0.29) is 5.91 Å². The third kappa shape index (κ3) is 4.83. The lowest BCUT2D eigenvalue weighted by Gasteiger charge is -2.22. The van der Waals surface area contributed by atoms with Crippen LogP contribution in [0.25, 0.3) is 5.82 Å². The Bertz CT molecular complexity index is 1060. The van der Waals surface area contributed by atoms with Crippen LogP contribution in [0.15, 0.2) is 54.9 Å². The van der Waals surface area contributed by atoms with Crippen molar-refractivity contribution in [2.24, 2.45) is 0 Å². The van der Waals surface area contributed by atoms with E-state index in [9.17, 15) is 18.0 Å². The molecule has 0 aliphatic carbocycles. The first-order valence-electron chi connectivity index (χ1n) is 10.5. The molecule has 3 aromatic rings. The Morgan fingerprint density at radius 1 is 1.03 bits per heavy atom.